The van der Waals surface area contributed by atoms with Crippen molar-refractivity contribution in [3.8, 4) is 17.2 Å². The first-order chi connectivity index (χ1) is 10.5. The van der Waals surface area contributed by atoms with Gasteiger partial charge in [0, 0.05) is 4.47 Å². The van der Waals surface area contributed by atoms with Crippen LogP contribution in [0, 0.1) is 0 Å². The van der Waals surface area contributed by atoms with Crippen molar-refractivity contribution >= 4 is 21.9 Å². The Hall–Kier alpha value is -2.15. The third kappa shape index (κ3) is 3.36. The minimum Gasteiger partial charge on any atom is -0.493 e. The second-order valence-corrected chi connectivity index (χ2v) is 5.32. The molecule has 1 aromatic heterocycles. The van der Waals surface area contributed by atoms with Gasteiger partial charge in [-0.1, -0.05) is 15.9 Å². The molecule has 0 aliphatic carbocycles. The predicted molar refractivity (Wildman–Crippen MR) is 82.0 cm³/mol. The molecule has 2 aromatic rings. The van der Waals surface area contributed by atoms with Crippen molar-refractivity contribution in [1.82, 2.24) is 0 Å². The molecule has 118 valence electrons. The van der Waals surface area contributed by atoms with Crippen LogP contribution in [0.25, 0.3) is 0 Å². The quantitative estimate of drug-likeness (QED) is 0.830. The number of aromatic carboxylic acids is 1. The van der Waals surface area contributed by atoms with Gasteiger partial charge in [0.25, 0.3) is 0 Å². The summed E-state index contributed by atoms with van der Waals surface area (Å²) in [6.07, 6.45) is -0.517. The van der Waals surface area contributed by atoms with E-state index in [4.69, 9.17) is 23.7 Å². The van der Waals surface area contributed by atoms with Gasteiger partial charge in [-0.25, -0.2) is 4.79 Å². The molecule has 1 heterocycles. The summed E-state index contributed by atoms with van der Waals surface area (Å²) in [6.45, 7) is 1.74. The summed E-state index contributed by atoms with van der Waals surface area (Å²) in [5.74, 6) is 0.516. The molecular weight excluding hydrogens is 356 g/mol. The summed E-state index contributed by atoms with van der Waals surface area (Å²) in [4.78, 5) is 10.9. The highest BCUT2D eigenvalue weighted by molar-refractivity contribution is 9.10. The topological polar surface area (TPSA) is 78.1 Å². The fraction of sp³-hybridized carbons (Fsp3) is 0.267. The Kier molecular flexibility index (Phi) is 4.97. The molecule has 6 nitrogen and oxygen atoms in total. The van der Waals surface area contributed by atoms with Crippen LogP contribution in [0.3, 0.4) is 0 Å². The lowest BCUT2D eigenvalue weighted by Gasteiger charge is -2.18. The maximum Gasteiger partial charge on any atom is 0.371 e. The Bertz CT molecular complexity index is 653. The van der Waals surface area contributed by atoms with Crippen LogP contribution in [-0.4, -0.2) is 25.3 Å². The molecule has 7 heteroatoms. The van der Waals surface area contributed by atoms with Crippen LogP contribution in [0.15, 0.2) is 33.2 Å². The largest absolute Gasteiger partial charge is 0.493 e. The van der Waals surface area contributed by atoms with E-state index in [0.717, 1.165) is 4.47 Å². The van der Waals surface area contributed by atoms with Crippen molar-refractivity contribution in [3.05, 3.63) is 40.3 Å². The number of benzene rings is 1. The lowest BCUT2D eigenvalue weighted by Crippen LogP contribution is -2.05. The van der Waals surface area contributed by atoms with E-state index in [-0.39, 0.29) is 5.76 Å². The molecule has 0 amide bonds. The Balaban J connectivity index is 2.30. The summed E-state index contributed by atoms with van der Waals surface area (Å²) in [7, 11) is 3.04. The van der Waals surface area contributed by atoms with Crippen LogP contribution in [-0.2, 0) is 0 Å². The second kappa shape index (κ2) is 6.74. The first-order valence-electron chi connectivity index (χ1n) is 6.37. The molecule has 1 aromatic carbocycles. The summed E-state index contributed by atoms with van der Waals surface area (Å²) in [5, 5.41) is 8.88. The Labute approximate surface area is 135 Å². The molecule has 0 saturated carbocycles. The van der Waals surface area contributed by atoms with Crippen LogP contribution in [0.4, 0.5) is 0 Å². The molecule has 22 heavy (non-hydrogen) atoms. The Morgan fingerprint density at radius 3 is 2.27 bits per heavy atom. The number of hydrogen-bond donors (Lipinski definition) is 1. The van der Waals surface area contributed by atoms with E-state index in [9.17, 15) is 4.79 Å². The van der Waals surface area contributed by atoms with E-state index in [2.05, 4.69) is 15.9 Å². The van der Waals surface area contributed by atoms with Crippen LogP contribution in [0.2, 0.25) is 0 Å². The highest BCUT2D eigenvalue weighted by Gasteiger charge is 2.20. The SMILES string of the molecule is COc1cc(Br)cc(OC)c1OC(C)c1ccc(C(=O)O)o1. The Morgan fingerprint density at radius 2 is 1.82 bits per heavy atom. The number of carbonyl (C=O) groups is 1. The van der Waals surface area contributed by atoms with Crippen molar-refractivity contribution in [2.24, 2.45) is 0 Å². The van der Waals surface area contributed by atoms with E-state index in [1.54, 1.807) is 25.1 Å². The molecule has 0 radical (unpaired) electrons. The van der Waals surface area contributed by atoms with Crippen molar-refractivity contribution in [2.45, 2.75) is 13.0 Å². The van der Waals surface area contributed by atoms with Crippen molar-refractivity contribution in [2.75, 3.05) is 14.2 Å². The maximum absolute atomic E-state index is 10.9. The van der Waals surface area contributed by atoms with E-state index < -0.39 is 12.1 Å². The third-order valence-electron chi connectivity index (χ3n) is 2.96. The van der Waals surface area contributed by atoms with Crippen LogP contribution in [0.1, 0.15) is 29.3 Å². The molecule has 1 unspecified atom stereocenters. The average Bonchev–Trinajstić information content (AvgIpc) is 2.98. The average molecular weight is 371 g/mol. The monoisotopic (exact) mass is 370 g/mol. The molecule has 0 saturated heterocycles. The van der Waals surface area contributed by atoms with Gasteiger partial charge in [-0.05, 0) is 31.2 Å². The van der Waals surface area contributed by atoms with Crippen molar-refractivity contribution in [1.29, 1.82) is 0 Å². The van der Waals surface area contributed by atoms with Gasteiger partial charge in [0.15, 0.2) is 17.6 Å². The van der Waals surface area contributed by atoms with Gasteiger partial charge in [0.05, 0.1) is 14.2 Å². The summed E-state index contributed by atoms with van der Waals surface area (Å²) in [6, 6.07) is 6.43. The maximum atomic E-state index is 10.9. The molecule has 2 rings (SSSR count). The van der Waals surface area contributed by atoms with Gasteiger partial charge in [-0.15, -0.1) is 0 Å². The Morgan fingerprint density at radius 1 is 1.23 bits per heavy atom. The van der Waals surface area contributed by atoms with Gasteiger partial charge in [0.2, 0.25) is 11.5 Å². The molecule has 0 bridgehead atoms. The van der Waals surface area contributed by atoms with Gasteiger partial charge < -0.3 is 23.7 Å². The van der Waals surface area contributed by atoms with Gasteiger partial charge in [-0.3, -0.25) is 0 Å². The number of hydrogen-bond acceptors (Lipinski definition) is 5. The molecule has 0 aliphatic heterocycles. The second-order valence-electron chi connectivity index (χ2n) is 4.41. The molecule has 0 fully saturated rings. The lowest BCUT2D eigenvalue weighted by molar-refractivity contribution is 0.0654. The normalized spacial score (nSPS) is 11.8. The van der Waals surface area contributed by atoms with Crippen molar-refractivity contribution < 1.29 is 28.5 Å². The fourth-order valence-corrected chi connectivity index (χ4v) is 2.30. The molecular formula is C15H15BrO6. The standard InChI is InChI=1S/C15H15BrO6/c1-8(10-4-5-11(22-10)15(17)18)21-14-12(19-2)6-9(16)7-13(14)20-3/h4-8H,1-3H3,(H,17,18). The number of carboxylic acid groups (broad SMARTS) is 1. The molecule has 1 atom stereocenters. The molecule has 1 N–H and O–H groups in total. The van der Waals surface area contributed by atoms with Crippen LogP contribution < -0.4 is 14.2 Å². The number of methoxy groups -OCH3 is 2. The highest BCUT2D eigenvalue weighted by atomic mass is 79.9. The molecule has 0 spiro atoms. The predicted octanol–water partition coefficient (Wildman–Crippen LogP) is 3.90. The van der Waals surface area contributed by atoms with E-state index >= 15 is 0 Å². The van der Waals surface area contributed by atoms with E-state index in [1.807, 2.05) is 0 Å². The number of ether oxygens (including phenoxy) is 3. The zero-order valence-electron chi connectivity index (χ0n) is 12.3. The summed E-state index contributed by atoms with van der Waals surface area (Å²) in [5.41, 5.74) is 0. The smallest absolute Gasteiger partial charge is 0.371 e. The lowest BCUT2D eigenvalue weighted by atomic mass is 10.2. The zero-order chi connectivity index (χ0) is 16.3. The fourth-order valence-electron chi connectivity index (χ4n) is 1.89. The first kappa shape index (κ1) is 16.2. The van der Waals surface area contributed by atoms with Gasteiger partial charge in [-0.2, -0.15) is 0 Å². The number of rotatable bonds is 6. The zero-order valence-corrected chi connectivity index (χ0v) is 13.8. The van der Waals surface area contributed by atoms with Crippen LogP contribution >= 0.6 is 15.9 Å². The summed E-state index contributed by atoms with van der Waals surface area (Å²) < 4.78 is 22.4. The van der Waals surface area contributed by atoms with E-state index in [1.165, 1.54) is 20.3 Å². The van der Waals surface area contributed by atoms with Crippen molar-refractivity contribution in [3.63, 3.8) is 0 Å². The van der Waals surface area contributed by atoms with Gasteiger partial charge in [0.1, 0.15) is 5.76 Å². The number of halogens is 1. The minimum absolute atomic E-state index is 0.139. The van der Waals surface area contributed by atoms with E-state index in [0.29, 0.717) is 23.0 Å². The first-order valence-corrected chi connectivity index (χ1v) is 7.16. The van der Waals surface area contributed by atoms with Gasteiger partial charge >= 0.3 is 5.97 Å². The minimum atomic E-state index is -1.13. The highest BCUT2D eigenvalue weighted by Crippen LogP contribution is 2.42. The number of furan rings is 1. The number of carboxylic acids is 1. The summed E-state index contributed by atoms with van der Waals surface area (Å²) >= 11 is 3.36. The van der Waals surface area contributed by atoms with Crippen LogP contribution in [0.5, 0.6) is 17.2 Å². The third-order valence-corrected chi connectivity index (χ3v) is 3.42. The molecule has 0 aliphatic rings.